The number of hydrogen-bond acceptors (Lipinski definition) is 4. The van der Waals surface area contributed by atoms with Crippen LogP contribution in [0.5, 0.6) is 0 Å². The number of nitrogens with one attached hydrogen (secondary N) is 1. The molecule has 0 saturated carbocycles. The van der Waals surface area contributed by atoms with Crippen molar-refractivity contribution in [3.63, 3.8) is 0 Å². The molecule has 0 radical (unpaired) electrons. The minimum Gasteiger partial charge on any atom is -0.368 e. The van der Waals surface area contributed by atoms with Crippen LogP contribution in [0.3, 0.4) is 0 Å². The van der Waals surface area contributed by atoms with E-state index in [1.807, 2.05) is 12.1 Å². The lowest BCUT2D eigenvalue weighted by molar-refractivity contribution is -0.123. The number of benzene rings is 1. The molecule has 1 aliphatic rings. The molecule has 0 bridgehead atoms. The van der Waals surface area contributed by atoms with E-state index in [0.717, 1.165) is 38.2 Å². The highest BCUT2D eigenvalue weighted by Gasteiger charge is 2.26. The SMILES string of the molecule is N#Cc1ccc(C(C(N)=O)N2CCCNCC2)cc1. The van der Waals surface area contributed by atoms with Gasteiger partial charge >= 0.3 is 0 Å². The molecule has 1 saturated heterocycles. The molecular weight excluding hydrogens is 240 g/mol. The second-order valence-electron chi connectivity index (χ2n) is 4.68. The Hall–Kier alpha value is -1.90. The van der Waals surface area contributed by atoms with Gasteiger partial charge in [-0.3, -0.25) is 9.69 Å². The molecule has 0 spiro atoms. The molecule has 1 unspecified atom stereocenters. The quantitative estimate of drug-likeness (QED) is 0.821. The smallest absolute Gasteiger partial charge is 0.239 e. The Morgan fingerprint density at radius 1 is 1.32 bits per heavy atom. The molecule has 1 atom stereocenters. The number of nitriles is 1. The summed E-state index contributed by atoms with van der Waals surface area (Å²) in [5, 5.41) is 12.1. The number of hydrogen-bond donors (Lipinski definition) is 2. The van der Waals surface area contributed by atoms with E-state index in [9.17, 15) is 4.79 Å². The molecule has 2 rings (SSSR count). The fourth-order valence-corrected chi connectivity index (χ4v) is 2.42. The second-order valence-corrected chi connectivity index (χ2v) is 4.68. The maximum atomic E-state index is 11.8. The molecule has 0 aromatic heterocycles. The minimum absolute atomic E-state index is 0.341. The van der Waals surface area contributed by atoms with E-state index in [1.54, 1.807) is 12.1 Å². The number of nitrogens with two attached hydrogens (primary N) is 1. The van der Waals surface area contributed by atoms with Crippen LogP contribution in [0.25, 0.3) is 0 Å². The second kappa shape index (κ2) is 6.32. The topological polar surface area (TPSA) is 82.1 Å². The van der Waals surface area contributed by atoms with Crippen molar-refractivity contribution < 1.29 is 4.79 Å². The maximum Gasteiger partial charge on any atom is 0.239 e. The van der Waals surface area contributed by atoms with E-state index < -0.39 is 6.04 Å². The molecule has 5 nitrogen and oxygen atoms in total. The number of carbonyl (C=O) groups excluding carboxylic acids is 1. The summed E-state index contributed by atoms with van der Waals surface area (Å²) in [5.41, 5.74) is 7.00. The van der Waals surface area contributed by atoms with Gasteiger partial charge in [-0.2, -0.15) is 5.26 Å². The monoisotopic (exact) mass is 258 g/mol. The lowest BCUT2D eigenvalue weighted by Crippen LogP contribution is -2.39. The Morgan fingerprint density at radius 3 is 2.68 bits per heavy atom. The molecule has 3 N–H and O–H groups in total. The molecule has 1 heterocycles. The number of amides is 1. The summed E-state index contributed by atoms with van der Waals surface area (Å²) in [6, 6.07) is 8.73. The van der Waals surface area contributed by atoms with Crippen molar-refractivity contribution in [2.24, 2.45) is 5.73 Å². The van der Waals surface area contributed by atoms with Gasteiger partial charge in [-0.15, -0.1) is 0 Å². The van der Waals surface area contributed by atoms with Crippen molar-refractivity contribution in [1.29, 1.82) is 5.26 Å². The number of nitrogens with zero attached hydrogens (tertiary/aromatic N) is 2. The van der Waals surface area contributed by atoms with E-state index >= 15 is 0 Å². The molecule has 100 valence electrons. The fourth-order valence-electron chi connectivity index (χ4n) is 2.42. The lowest BCUT2D eigenvalue weighted by Gasteiger charge is -2.28. The summed E-state index contributed by atoms with van der Waals surface area (Å²) >= 11 is 0. The third-order valence-corrected chi connectivity index (χ3v) is 3.36. The number of primary amides is 1. The van der Waals surface area contributed by atoms with Crippen molar-refractivity contribution in [3.05, 3.63) is 35.4 Å². The van der Waals surface area contributed by atoms with Crippen LogP contribution in [-0.4, -0.2) is 37.0 Å². The minimum atomic E-state index is -0.410. The van der Waals surface area contributed by atoms with Gasteiger partial charge in [0.2, 0.25) is 5.91 Å². The normalized spacial score (nSPS) is 18.3. The summed E-state index contributed by atoms with van der Waals surface area (Å²) in [4.78, 5) is 13.9. The summed E-state index contributed by atoms with van der Waals surface area (Å²) in [5.74, 6) is -0.341. The molecule has 1 fully saturated rings. The van der Waals surface area contributed by atoms with E-state index in [2.05, 4.69) is 16.3 Å². The number of carbonyl (C=O) groups is 1. The average Bonchev–Trinajstić information content (AvgIpc) is 2.68. The van der Waals surface area contributed by atoms with E-state index in [0.29, 0.717) is 5.56 Å². The van der Waals surface area contributed by atoms with Gasteiger partial charge in [-0.05, 0) is 30.7 Å². The Kier molecular flexibility index (Phi) is 4.50. The van der Waals surface area contributed by atoms with Crippen LogP contribution < -0.4 is 11.1 Å². The van der Waals surface area contributed by atoms with Crippen molar-refractivity contribution in [2.45, 2.75) is 12.5 Å². The molecule has 0 aliphatic carbocycles. The van der Waals surface area contributed by atoms with Crippen LogP contribution in [0.4, 0.5) is 0 Å². The zero-order valence-electron chi connectivity index (χ0n) is 10.8. The molecule has 1 aromatic carbocycles. The summed E-state index contributed by atoms with van der Waals surface area (Å²) in [7, 11) is 0. The zero-order chi connectivity index (χ0) is 13.7. The summed E-state index contributed by atoms with van der Waals surface area (Å²) in [6.07, 6.45) is 1.00. The van der Waals surface area contributed by atoms with Gasteiger partial charge < -0.3 is 11.1 Å². The van der Waals surface area contributed by atoms with Gasteiger partial charge in [-0.1, -0.05) is 12.1 Å². The Balaban J connectivity index is 2.23. The Bertz CT molecular complexity index is 469. The molecule has 1 aromatic rings. The Morgan fingerprint density at radius 2 is 2.05 bits per heavy atom. The van der Waals surface area contributed by atoms with Crippen LogP contribution in [0, 0.1) is 11.3 Å². The first-order valence-electron chi connectivity index (χ1n) is 6.46. The largest absolute Gasteiger partial charge is 0.368 e. The van der Waals surface area contributed by atoms with Crippen molar-refractivity contribution in [1.82, 2.24) is 10.2 Å². The Labute approximate surface area is 113 Å². The van der Waals surface area contributed by atoms with E-state index in [1.165, 1.54) is 0 Å². The molecule has 5 heteroatoms. The van der Waals surface area contributed by atoms with E-state index in [4.69, 9.17) is 11.0 Å². The predicted molar refractivity (Wildman–Crippen MR) is 72.2 cm³/mol. The predicted octanol–water partition coefficient (Wildman–Crippen LogP) is 0.380. The molecular formula is C14H18N4O. The molecule has 19 heavy (non-hydrogen) atoms. The zero-order valence-corrected chi connectivity index (χ0v) is 10.8. The number of rotatable bonds is 3. The van der Waals surface area contributed by atoms with Crippen LogP contribution in [0.15, 0.2) is 24.3 Å². The third-order valence-electron chi connectivity index (χ3n) is 3.36. The lowest BCUT2D eigenvalue weighted by atomic mass is 10.0. The van der Waals surface area contributed by atoms with Crippen molar-refractivity contribution >= 4 is 5.91 Å². The van der Waals surface area contributed by atoms with Crippen LogP contribution in [0.2, 0.25) is 0 Å². The van der Waals surface area contributed by atoms with Crippen LogP contribution >= 0.6 is 0 Å². The highest BCUT2D eigenvalue weighted by atomic mass is 16.1. The van der Waals surface area contributed by atoms with Gasteiger partial charge in [-0.25, -0.2) is 0 Å². The highest BCUT2D eigenvalue weighted by Crippen LogP contribution is 2.21. The van der Waals surface area contributed by atoms with Crippen LogP contribution in [-0.2, 0) is 4.79 Å². The molecule has 1 aliphatic heterocycles. The third kappa shape index (κ3) is 3.31. The van der Waals surface area contributed by atoms with Gasteiger partial charge in [0.25, 0.3) is 0 Å². The van der Waals surface area contributed by atoms with Crippen molar-refractivity contribution in [3.8, 4) is 6.07 Å². The van der Waals surface area contributed by atoms with Crippen LogP contribution in [0.1, 0.15) is 23.6 Å². The summed E-state index contributed by atoms with van der Waals surface area (Å²) < 4.78 is 0. The molecule has 1 amide bonds. The van der Waals surface area contributed by atoms with Gasteiger partial charge in [0.05, 0.1) is 11.6 Å². The first-order chi connectivity index (χ1) is 9.22. The first-order valence-corrected chi connectivity index (χ1v) is 6.46. The maximum absolute atomic E-state index is 11.8. The standard InChI is InChI=1S/C14H18N4O/c15-10-11-2-4-12(5-3-11)13(14(16)19)18-8-1-6-17-7-9-18/h2-5,13,17H,1,6-9H2,(H2,16,19). The van der Waals surface area contributed by atoms with Gasteiger partial charge in [0, 0.05) is 19.6 Å². The van der Waals surface area contributed by atoms with Crippen molar-refractivity contribution in [2.75, 3.05) is 26.2 Å². The van der Waals surface area contributed by atoms with E-state index in [-0.39, 0.29) is 5.91 Å². The van der Waals surface area contributed by atoms with Gasteiger partial charge in [0.15, 0.2) is 0 Å². The fraction of sp³-hybridized carbons (Fsp3) is 0.429. The highest BCUT2D eigenvalue weighted by molar-refractivity contribution is 5.81. The first kappa shape index (κ1) is 13.5. The summed E-state index contributed by atoms with van der Waals surface area (Å²) in [6.45, 7) is 3.48. The average molecular weight is 258 g/mol. The van der Waals surface area contributed by atoms with Gasteiger partial charge in [0.1, 0.15) is 6.04 Å².